The van der Waals surface area contributed by atoms with E-state index in [9.17, 15) is 13.2 Å². The van der Waals surface area contributed by atoms with Crippen LogP contribution >= 0.6 is 0 Å². The molecule has 0 radical (unpaired) electrons. The Morgan fingerprint density at radius 1 is 1.19 bits per heavy atom. The third kappa shape index (κ3) is 2.38. The number of benzene rings is 1. The van der Waals surface area contributed by atoms with E-state index in [1.54, 1.807) is 30.6 Å². The summed E-state index contributed by atoms with van der Waals surface area (Å²) in [6, 6.07) is 7.52. The summed E-state index contributed by atoms with van der Waals surface area (Å²) < 4.78 is 39.5. The average Bonchev–Trinajstić information content (AvgIpc) is 2.90. The zero-order chi connectivity index (χ0) is 15.0. The third-order valence-corrected chi connectivity index (χ3v) is 3.35. The summed E-state index contributed by atoms with van der Waals surface area (Å²) in [5.41, 5.74) is 7.04. The molecule has 0 aliphatic rings. The van der Waals surface area contributed by atoms with Gasteiger partial charge in [-0.15, -0.1) is 0 Å². The van der Waals surface area contributed by atoms with Crippen LogP contribution in [-0.4, -0.2) is 9.97 Å². The average molecular weight is 291 g/mol. The number of hydrogen-bond acceptors (Lipinski definition) is 2. The van der Waals surface area contributed by atoms with Crippen molar-refractivity contribution in [2.45, 2.75) is 12.7 Å². The predicted molar refractivity (Wildman–Crippen MR) is 74.4 cm³/mol. The number of fused-ring (bicyclic) bond motifs is 1. The molecule has 2 heterocycles. The molecule has 0 saturated carbocycles. The van der Waals surface area contributed by atoms with Gasteiger partial charge in [0.15, 0.2) is 0 Å². The minimum absolute atomic E-state index is 0.131. The van der Waals surface area contributed by atoms with Crippen LogP contribution in [0, 0.1) is 0 Å². The fourth-order valence-corrected chi connectivity index (χ4v) is 2.37. The Morgan fingerprint density at radius 2 is 2.00 bits per heavy atom. The predicted octanol–water partition coefficient (Wildman–Crippen LogP) is 3.71. The van der Waals surface area contributed by atoms with E-state index in [0.29, 0.717) is 23.3 Å². The molecule has 6 heteroatoms. The summed E-state index contributed by atoms with van der Waals surface area (Å²) in [7, 11) is 0. The summed E-state index contributed by atoms with van der Waals surface area (Å²) in [6.07, 6.45) is -1.32. The molecular weight excluding hydrogens is 279 g/mol. The number of halogens is 3. The number of aromatic nitrogens is 2. The summed E-state index contributed by atoms with van der Waals surface area (Å²) in [5.74, 6) is 0. The van der Waals surface area contributed by atoms with Crippen LogP contribution in [0.3, 0.4) is 0 Å². The second-order valence-corrected chi connectivity index (χ2v) is 4.68. The Bertz CT molecular complexity index is 790. The summed E-state index contributed by atoms with van der Waals surface area (Å²) in [4.78, 5) is 7.03. The van der Waals surface area contributed by atoms with Crippen molar-refractivity contribution in [2.75, 3.05) is 0 Å². The van der Waals surface area contributed by atoms with Gasteiger partial charge in [0.25, 0.3) is 0 Å². The number of aromatic amines is 1. The first kappa shape index (κ1) is 13.6. The SMILES string of the molecule is NCc1ccnc(-c2c[nH]c3cccc(C(F)(F)F)c23)c1. The van der Waals surface area contributed by atoms with Crippen LogP contribution in [0.15, 0.2) is 42.7 Å². The second-order valence-electron chi connectivity index (χ2n) is 4.68. The first-order chi connectivity index (χ1) is 10.0. The Labute approximate surface area is 118 Å². The van der Waals surface area contributed by atoms with Crippen molar-refractivity contribution >= 4 is 10.9 Å². The largest absolute Gasteiger partial charge is 0.417 e. The van der Waals surface area contributed by atoms with E-state index in [1.165, 1.54) is 6.07 Å². The van der Waals surface area contributed by atoms with Gasteiger partial charge in [0.05, 0.1) is 11.3 Å². The fraction of sp³-hybridized carbons (Fsp3) is 0.133. The highest BCUT2D eigenvalue weighted by Crippen LogP contribution is 2.39. The van der Waals surface area contributed by atoms with Gasteiger partial charge in [0.1, 0.15) is 0 Å². The van der Waals surface area contributed by atoms with Crippen LogP contribution in [0.5, 0.6) is 0 Å². The minimum atomic E-state index is -4.41. The van der Waals surface area contributed by atoms with Crippen molar-refractivity contribution in [1.29, 1.82) is 0 Å². The molecule has 0 aliphatic heterocycles. The molecule has 21 heavy (non-hydrogen) atoms. The molecule has 108 valence electrons. The summed E-state index contributed by atoms with van der Waals surface area (Å²) in [6.45, 7) is 0.310. The highest BCUT2D eigenvalue weighted by atomic mass is 19.4. The number of hydrogen-bond donors (Lipinski definition) is 2. The first-order valence-corrected chi connectivity index (χ1v) is 6.33. The molecule has 0 bridgehead atoms. The molecule has 1 aromatic carbocycles. The monoisotopic (exact) mass is 291 g/mol. The molecule has 3 N–H and O–H groups in total. The number of pyridine rings is 1. The Hall–Kier alpha value is -2.34. The number of alkyl halides is 3. The summed E-state index contributed by atoms with van der Waals surface area (Å²) in [5, 5.41) is 0.131. The molecule has 3 rings (SSSR count). The van der Waals surface area contributed by atoms with Crippen LogP contribution in [0.4, 0.5) is 13.2 Å². The van der Waals surface area contributed by atoms with Crippen molar-refractivity contribution in [3.8, 4) is 11.3 Å². The number of nitrogens with two attached hydrogens (primary N) is 1. The van der Waals surface area contributed by atoms with Gasteiger partial charge in [-0.25, -0.2) is 0 Å². The molecule has 0 saturated heterocycles. The first-order valence-electron chi connectivity index (χ1n) is 6.33. The minimum Gasteiger partial charge on any atom is -0.360 e. The van der Waals surface area contributed by atoms with Crippen LogP contribution in [0.2, 0.25) is 0 Å². The van der Waals surface area contributed by atoms with Crippen molar-refractivity contribution < 1.29 is 13.2 Å². The van der Waals surface area contributed by atoms with E-state index in [2.05, 4.69) is 9.97 Å². The van der Waals surface area contributed by atoms with E-state index in [1.807, 2.05) is 0 Å². The van der Waals surface area contributed by atoms with Gasteiger partial charge in [-0.05, 0) is 29.8 Å². The lowest BCUT2D eigenvalue weighted by molar-refractivity contribution is -0.136. The van der Waals surface area contributed by atoms with E-state index in [4.69, 9.17) is 5.73 Å². The van der Waals surface area contributed by atoms with Gasteiger partial charge < -0.3 is 10.7 Å². The third-order valence-electron chi connectivity index (χ3n) is 3.35. The Balaban J connectivity index is 2.28. The normalized spacial score (nSPS) is 12.0. The molecule has 0 aliphatic carbocycles. The maximum absolute atomic E-state index is 13.2. The maximum atomic E-state index is 13.2. The van der Waals surface area contributed by atoms with Crippen molar-refractivity contribution in [2.24, 2.45) is 5.73 Å². The molecule has 0 fully saturated rings. The van der Waals surface area contributed by atoms with Crippen LogP contribution in [0.25, 0.3) is 22.2 Å². The molecule has 3 nitrogen and oxygen atoms in total. The van der Waals surface area contributed by atoms with E-state index < -0.39 is 11.7 Å². The van der Waals surface area contributed by atoms with Gasteiger partial charge in [-0.2, -0.15) is 13.2 Å². The fourth-order valence-electron chi connectivity index (χ4n) is 2.37. The topological polar surface area (TPSA) is 54.7 Å². The lowest BCUT2D eigenvalue weighted by atomic mass is 10.0. The lowest BCUT2D eigenvalue weighted by Gasteiger charge is -2.10. The van der Waals surface area contributed by atoms with Gasteiger partial charge in [0.2, 0.25) is 0 Å². The molecule has 0 atom stereocenters. The van der Waals surface area contributed by atoms with Crippen molar-refractivity contribution in [1.82, 2.24) is 9.97 Å². The van der Waals surface area contributed by atoms with Gasteiger partial charge in [-0.3, -0.25) is 4.98 Å². The van der Waals surface area contributed by atoms with E-state index in [0.717, 1.165) is 11.6 Å². The zero-order valence-corrected chi connectivity index (χ0v) is 10.9. The number of H-pyrrole nitrogens is 1. The molecular formula is C15H12F3N3. The van der Waals surface area contributed by atoms with Gasteiger partial charge in [-0.1, -0.05) is 6.07 Å². The standard InChI is InChI=1S/C15H12F3N3/c16-15(17,18)11-2-1-3-12-14(11)10(8-21-12)13-6-9(7-19)4-5-20-13/h1-6,8,21H,7,19H2. The van der Waals surface area contributed by atoms with E-state index >= 15 is 0 Å². The smallest absolute Gasteiger partial charge is 0.360 e. The molecule has 0 spiro atoms. The number of rotatable bonds is 2. The quantitative estimate of drug-likeness (QED) is 0.756. The van der Waals surface area contributed by atoms with Crippen LogP contribution in [0.1, 0.15) is 11.1 Å². The number of nitrogens with zero attached hydrogens (tertiary/aromatic N) is 1. The van der Waals surface area contributed by atoms with E-state index in [-0.39, 0.29) is 5.39 Å². The maximum Gasteiger partial charge on any atom is 0.417 e. The molecule has 0 unspecified atom stereocenters. The highest BCUT2D eigenvalue weighted by Gasteiger charge is 2.33. The highest BCUT2D eigenvalue weighted by molar-refractivity contribution is 5.97. The van der Waals surface area contributed by atoms with Crippen LogP contribution < -0.4 is 5.73 Å². The van der Waals surface area contributed by atoms with Crippen LogP contribution in [-0.2, 0) is 12.7 Å². The molecule has 0 amide bonds. The Kier molecular flexibility index (Phi) is 3.17. The van der Waals surface area contributed by atoms with Crippen molar-refractivity contribution in [3.63, 3.8) is 0 Å². The lowest BCUT2D eigenvalue weighted by Crippen LogP contribution is -2.05. The number of nitrogens with one attached hydrogen (secondary N) is 1. The van der Waals surface area contributed by atoms with Gasteiger partial charge >= 0.3 is 6.18 Å². The summed E-state index contributed by atoms with van der Waals surface area (Å²) >= 11 is 0. The second kappa shape index (κ2) is 4.89. The Morgan fingerprint density at radius 3 is 2.71 bits per heavy atom. The van der Waals surface area contributed by atoms with Crippen molar-refractivity contribution in [3.05, 3.63) is 53.9 Å². The zero-order valence-electron chi connectivity index (χ0n) is 10.9. The van der Waals surface area contributed by atoms with Gasteiger partial charge in [0, 0.05) is 35.4 Å². The molecule has 3 aromatic rings. The molecule has 2 aromatic heterocycles.